The van der Waals surface area contributed by atoms with Crippen molar-refractivity contribution in [3.8, 4) is 5.75 Å². The lowest BCUT2D eigenvalue weighted by molar-refractivity contribution is -0.163. The van der Waals surface area contributed by atoms with Gasteiger partial charge in [0, 0.05) is 57.8 Å². The number of amides is 4. The molecule has 1 saturated heterocycles. The van der Waals surface area contributed by atoms with Gasteiger partial charge < -0.3 is 38.8 Å². The minimum atomic E-state index is -1.79. The third-order valence-corrected chi connectivity index (χ3v) is 15.1. The summed E-state index contributed by atoms with van der Waals surface area (Å²) in [5, 5.41) is 14.7. The molecule has 8 atom stereocenters. The molecular formula is C48H73ClN4O10S. The summed E-state index contributed by atoms with van der Waals surface area (Å²) in [4.78, 5) is 72.6. The van der Waals surface area contributed by atoms with Crippen LogP contribution in [-0.2, 0) is 39.8 Å². The lowest BCUT2D eigenvalue weighted by atomic mass is 9.83. The Hall–Kier alpha value is -3.79. The number of ether oxygens (including phenoxy) is 4. The fraction of sp³-hybridized carbons (Fsp3) is 0.688. The quantitative estimate of drug-likeness (QED) is 0.188. The van der Waals surface area contributed by atoms with Crippen molar-refractivity contribution < 1.29 is 48.0 Å². The Labute approximate surface area is 390 Å². The van der Waals surface area contributed by atoms with Crippen LogP contribution in [-0.4, -0.2) is 127 Å². The maximum atomic E-state index is 14.4. The molecular weight excluding hydrogens is 860 g/mol. The largest absolute Gasteiger partial charge is 0.495 e. The summed E-state index contributed by atoms with van der Waals surface area (Å²) in [5.74, 6) is -1.11. The number of aliphatic hydroxyl groups is 1. The van der Waals surface area contributed by atoms with Gasteiger partial charge >= 0.3 is 12.1 Å². The van der Waals surface area contributed by atoms with Gasteiger partial charge in [-0.2, -0.15) is 0 Å². The van der Waals surface area contributed by atoms with E-state index in [1.54, 1.807) is 38.1 Å². The van der Waals surface area contributed by atoms with Gasteiger partial charge in [-0.3, -0.25) is 19.7 Å². The average Bonchev–Trinajstić information content (AvgIpc) is 3.92. The molecule has 1 aliphatic carbocycles. The number of allylic oxidation sites excluding steroid dienone is 3. The van der Waals surface area contributed by atoms with E-state index in [2.05, 4.69) is 26.1 Å². The molecule has 2 heterocycles. The number of benzene rings is 1. The molecule has 1 aromatic rings. The minimum Gasteiger partial charge on any atom is -0.495 e. The van der Waals surface area contributed by atoms with Crippen molar-refractivity contribution in [1.82, 2.24) is 15.1 Å². The van der Waals surface area contributed by atoms with E-state index in [-0.39, 0.29) is 64.0 Å². The zero-order valence-electron chi connectivity index (χ0n) is 40.5. The first kappa shape index (κ1) is 52.8. The summed E-state index contributed by atoms with van der Waals surface area (Å²) in [5.41, 5.74) is -0.252. The van der Waals surface area contributed by atoms with Crippen LogP contribution < -0.4 is 15.0 Å². The third kappa shape index (κ3) is 13.4. The lowest BCUT2D eigenvalue weighted by Gasteiger charge is -2.42. The van der Waals surface area contributed by atoms with Crippen LogP contribution in [0.25, 0.3) is 0 Å². The molecule has 0 aromatic heterocycles. The van der Waals surface area contributed by atoms with Crippen molar-refractivity contribution in [2.75, 3.05) is 52.6 Å². The number of rotatable bonds is 13. The highest BCUT2D eigenvalue weighted by molar-refractivity contribution is 8.01. The fourth-order valence-corrected chi connectivity index (χ4v) is 9.72. The van der Waals surface area contributed by atoms with Gasteiger partial charge in [0.25, 0.3) is 0 Å². The molecule has 64 heavy (non-hydrogen) atoms. The first-order valence-electron chi connectivity index (χ1n) is 22.2. The highest BCUT2D eigenvalue weighted by Crippen LogP contribution is 2.61. The zero-order chi connectivity index (χ0) is 48.1. The second-order valence-electron chi connectivity index (χ2n) is 20.2. The maximum Gasteiger partial charge on any atom is 0.409 e. The average molecular weight is 934 g/mol. The molecule has 4 rings (SSSR count). The molecule has 2 N–H and O–H groups in total. The van der Waals surface area contributed by atoms with Gasteiger partial charge in [-0.15, -0.1) is 11.8 Å². The number of methoxy groups -OCH3 is 2. The van der Waals surface area contributed by atoms with Crippen LogP contribution in [0.3, 0.4) is 0 Å². The topological polar surface area (TPSA) is 164 Å². The zero-order valence-corrected chi connectivity index (χ0v) is 42.0. The summed E-state index contributed by atoms with van der Waals surface area (Å²) < 4.78 is 23.0. The summed E-state index contributed by atoms with van der Waals surface area (Å²) in [6, 6.07) is 2.64. The molecule has 1 aromatic carbocycles. The number of carbonyl (C=O) groups excluding carboxylic acids is 5. The Balaban J connectivity index is 1.58. The van der Waals surface area contributed by atoms with Gasteiger partial charge in [-0.1, -0.05) is 83.9 Å². The Morgan fingerprint density at radius 2 is 1.77 bits per heavy atom. The van der Waals surface area contributed by atoms with E-state index >= 15 is 0 Å². The summed E-state index contributed by atoms with van der Waals surface area (Å²) in [7, 11) is 7.95. The van der Waals surface area contributed by atoms with Crippen molar-refractivity contribution in [1.29, 1.82) is 0 Å². The van der Waals surface area contributed by atoms with Crippen molar-refractivity contribution in [2.24, 2.45) is 22.7 Å². The van der Waals surface area contributed by atoms with E-state index in [0.29, 0.717) is 43.0 Å². The van der Waals surface area contributed by atoms with Crippen molar-refractivity contribution in [3.05, 3.63) is 46.5 Å². The molecule has 0 unspecified atom stereocenters. The predicted molar refractivity (Wildman–Crippen MR) is 251 cm³/mol. The van der Waals surface area contributed by atoms with Gasteiger partial charge in [-0.05, 0) is 74.5 Å². The third-order valence-electron chi connectivity index (χ3n) is 13.4. The number of nitrogens with one attached hydrogen (secondary N) is 1. The number of nitrogens with zero attached hydrogens (tertiary/aromatic N) is 3. The molecule has 14 nitrogen and oxygen atoms in total. The van der Waals surface area contributed by atoms with Crippen LogP contribution in [0.1, 0.15) is 106 Å². The molecule has 1 saturated carbocycles. The Kier molecular flexibility index (Phi) is 17.5. The van der Waals surface area contributed by atoms with Gasteiger partial charge in [0.1, 0.15) is 35.1 Å². The number of thioether (sulfide) groups is 1. The number of likely N-dealkylation sites (N-methyl/N-ethyl adjacent to an activating group) is 1. The number of anilines is 1. The fourth-order valence-electron chi connectivity index (χ4n) is 8.43. The molecule has 4 bridgehead atoms. The van der Waals surface area contributed by atoms with Crippen LogP contribution in [0.2, 0.25) is 5.02 Å². The van der Waals surface area contributed by atoms with Gasteiger partial charge in [0.05, 0.1) is 25.0 Å². The normalized spacial score (nSPS) is 28.3. The Morgan fingerprint density at radius 1 is 1.09 bits per heavy atom. The van der Waals surface area contributed by atoms with Crippen LogP contribution >= 0.6 is 23.4 Å². The smallest absolute Gasteiger partial charge is 0.409 e. The van der Waals surface area contributed by atoms with E-state index in [0.717, 1.165) is 17.6 Å². The van der Waals surface area contributed by atoms with Crippen molar-refractivity contribution in [3.63, 3.8) is 0 Å². The maximum absolute atomic E-state index is 14.4. The number of halogens is 1. The highest BCUT2D eigenvalue weighted by Gasteiger charge is 2.62. The van der Waals surface area contributed by atoms with Crippen LogP contribution in [0.15, 0.2) is 35.9 Å². The number of fused-ring (bicyclic) bond motifs is 5. The molecule has 3 aliphatic rings. The van der Waals surface area contributed by atoms with Gasteiger partial charge in [-0.25, -0.2) is 9.59 Å². The van der Waals surface area contributed by atoms with Gasteiger partial charge in [0.15, 0.2) is 5.72 Å². The SMILES string of the molecule is COc1cc2cc(c1Cl)N(C)C(=O)C[C@H](OC(=O)[C@H](C)N(C)C(=O)CCC(C)(C)SCC(=O)N(C)CCC(C)(C)C)[C@@]1(C)C[C@H]1[C@H](C)[C@@H]1C[C@@](O)(NC(=O)O1)[C@H](OC)/C=C/C=C(\C)C2. The summed E-state index contributed by atoms with van der Waals surface area (Å²) >= 11 is 8.34. The molecule has 2 aliphatic heterocycles. The number of alkyl carbamates (subject to hydrolysis) is 1. The van der Waals surface area contributed by atoms with Crippen LogP contribution in [0, 0.1) is 22.7 Å². The molecule has 2 fully saturated rings. The standard InChI is InChI=1S/C48H73ClN4O10S/c1-29-16-15-17-37(61-14)48(59)27-36(62-44(58)50-48)30(2)33-26-47(33,9)38(25-40(55)53(12)34-23-32(22-29)24-35(60-13)42(34)49)63-43(57)31(3)52(11)39(54)18-19-46(7,8)64-28-41(56)51(10)21-20-45(4,5)6/h15-17,23-24,30-31,33,36-38,59H,18-22,25-28H2,1-14H3,(H,50,58)/b17-15+,29-16+/t30-,31-,33-,36-,37+,38-,47-,48-/m0/s1. The Bertz CT molecular complexity index is 1950. The monoisotopic (exact) mass is 932 g/mol. The summed E-state index contributed by atoms with van der Waals surface area (Å²) in [6.07, 6.45) is 4.23. The van der Waals surface area contributed by atoms with Crippen LogP contribution in [0.4, 0.5) is 10.5 Å². The van der Waals surface area contributed by atoms with E-state index in [1.165, 1.54) is 35.8 Å². The van der Waals surface area contributed by atoms with Crippen LogP contribution in [0.5, 0.6) is 5.75 Å². The molecule has 358 valence electrons. The van der Waals surface area contributed by atoms with Crippen molar-refractivity contribution in [2.45, 2.75) is 142 Å². The number of hydrogen-bond acceptors (Lipinski definition) is 11. The lowest BCUT2D eigenvalue weighted by Crippen LogP contribution is -2.63. The van der Waals surface area contributed by atoms with E-state index < -0.39 is 47.6 Å². The first-order chi connectivity index (χ1) is 29.6. The van der Waals surface area contributed by atoms with E-state index in [1.807, 2.05) is 59.9 Å². The predicted octanol–water partition coefficient (Wildman–Crippen LogP) is 7.57. The number of hydrogen-bond donors (Lipinski definition) is 2. The van der Waals surface area contributed by atoms with E-state index in [9.17, 15) is 29.1 Å². The van der Waals surface area contributed by atoms with E-state index in [4.69, 9.17) is 30.5 Å². The number of esters is 1. The molecule has 16 heteroatoms. The summed E-state index contributed by atoms with van der Waals surface area (Å²) in [6.45, 7) is 18.5. The van der Waals surface area contributed by atoms with Crippen molar-refractivity contribution >= 4 is 58.8 Å². The second kappa shape index (κ2) is 21.2. The first-order valence-corrected chi connectivity index (χ1v) is 23.6. The molecule has 4 amide bonds. The minimum absolute atomic E-state index is 0.0122. The molecule has 0 spiro atoms. The second-order valence-corrected chi connectivity index (χ2v) is 22.2. The Morgan fingerprint density at radius 3 is 2.39 bits per heavy atom. The number of carbonyl (C=O) groups is 5. The highest BCUT2D eigenvalue weighted by atomic mass is 35.5. The van der Waals surface area contributed by atoms with Gasteiger partial charge in [0.2, 0.25) is 17.7 Å². The molecule has 0 radical (unpaired) electrons.